The highest BCUT2D eigenvalue weighted by Gasteiger charge is 2.26. The van der Waals surface area contributed by atoms with Gasteiger partial charge in [0.15, 0.2) is 0 Å². The smallest absolute Gasteiger partial charge is 0.264 e. The van der Waals surface area contributed by atoms with Crippen molar-refractivity contribution < 1.29 is 9.53 Å². The number of hydrazine groups is 1. The van der Waals surface area contributed by atoms with Crippen molar-refractivity contribution in [1.82, 2.24) is 25.2 Å². The van der Waals surface area contributed by atoms with E-state index in [9.17, 15) is 4.79 Å². The highest BCUT2D eigenvalue weighted by atomic mass is 35.5. The average molecular weight is 481 g/mol. The fourth-order valence-electron chi connectivity index (χ4n) is 4.02. The highest BCUT2D eigenvalue weighted by molar-refractivity contribution is 6.30. The van der Waals surface area contributed by atoms with Crippen LogP contribution in [0.4, 0.5) is 5.95 Å². The van der Waals surface area contributed by atoms with Crippen LogP contribution in [0.25, 0.3) is 0 Å². The molecule has 2 aromatic carbocycles. The van der Waals surface area contributed by atoms with Gasteiger partial charge in [0, 0.05) is 50.1 Å². The van der Waals surface area contributed by atoms with Gasteiger partial charge in [0.05, 0.1) is 12.6 Å². The van der Waals surface area contributed by atoms with Gasteiger partial charge in [-0.15, -0.1) is 0 Å². The summed E-state index contributed by atoms with van der Waals surface area (Å²) in [6, 6.07) is 20.6. The van der Waals surface area contributed by atoms with Crippen LogP contribution in [0.1, 0.15) is 17.2 Å². The van der Waals surface area contributed by atoms with Crippen LogP contribution in [-0.4, -0.2) is 71.6 Å². The molecule has 0 aliphatic carbocycles. The van der Waals surface area contributed by atoms with E-state index in [1.165, 1.54) is 11.1 Å². The summed E-state index contributed by atoms with van der Waals surface area (Å²) < 4.78 is 5.55. The zero-order valence-electron chi connectivity index (χ0n) is 18.9. The van der Waals surface area contributed by atoms with Crippen LogP contribution < -0.4 is 10.9 Å². The summed E-state index contributed by atoms with van der Waals surface area (Å²) in [6.07, 6.45) is 3.19. The van der Waals surface area contributed by atoms with Gasteiger partial charge in [-0.05, 0) is 29.3 Å². The number of ether oxygens (including phenoxy) is 1. The van der Waals surface area contributed by atoms with Crippen molar-refractivity contribution >= 4 is 23.5 Å². The number of piperazine rings is 1. The summed E-state index contributed by atoms with van der Waals surface area (Å²) in [4.78, 5) is 24.7. The Bertz CT molecular complexity index is 1010. The molecular weight excluding hydrogens is 452 g/mol. The first-order valence-electron chi connectivity index (χ1n) is 11.4. The third-order valence-corrected chi connectivity index (χ3v) is 5.99. The molecule has 0 radical (unpaired) electrons. The Labute approximate surface area is 204 Å². The second kappa shape index (κ2) is 12.4. The Morgan fingerprint density at radius 1 is 0.941 bits per heavy atom. The van der Waals surface area contributed by atoms with E-state index in [2.05, 4.69) is 67.0 Å². The summed E-state index contributed by atoms with van der Waals surface area (Å²) in [5.74, 6) is 0.0621. The van der Waals surface area contributed by atoms with Crippen molar-refractivity contribution in [2.24, 2.45) is 0 Å². The average Bonchev–Trinajstić information content (AvgIpc) is 2.89. The number of hydrogen-bond acceptors (Lipinski definition) is 7. The van der Waals surface area contributed by atoms with Crippen LogP contribution in [-0.2, 0) is 9.53 Å². The number of hydrogen-bond donors (Lipinski definition) is 2. The van der Waals surface area contributed by atoms with Crippen molar-refractivity contribution in [2.75, 3.05) is 51.4 Å². The predicted octanol–water partition coefficient (Wildman–Crippen LogP) is 3.00. The van der Waals surface area contributed by atoms with Crippen LogP contribution in [0.2, 0.25) is 5.02 Å². The molecule has 1 aromatic heterocycles. The zero-order valence-corrected chi connectivity index (χ0v) is 19.7. The van der Waals surface area contributed by atoms with Gasteiger partial charge in [0.1, 0.15) is 6.61 Å². The standard InChI is InChI=1S/C25H29ClN6O2/c26-22-9-7-21(8-10-22)24(20-5-2-1-3-6-20)32-15-13-31(14-16-32)17-18-34-19-23(33)29-30-25-27-11-4-12-28-25/h1-12,24H,13-19H2,(H,29,33)(H,27,28,30). The molecule has 0 spiro atoms. The molecule has 1 amide bonds. The van der Waals surface area contributed by atoms with Crippen molar-refractivity contribution in [3.05, 3.63) is 89.2 Å². The third kappa shape index (κ3) is 6.98. The largest absolute Gasteiger partial charge is 0.370 e. The number of halogens is 1. The van der Waals surface area contributed by atoms with Crippen molar-refractivity contribution in [3.8, 4) is 0 Å². The predicted molar refractivity (Wildman–Crippen MR) is 132 cm³/mol. The maximum absolute atomic E-state index is 11.9. The molecule has 1 aliphatic rings. The fraction of sp³-hybridized carbons (Fsp3) is 0.320. The van der Waals surface area contributed by atoms with Gasteiger partial charge in [-0.1, -0.05) is 54.1 Å². The molecule has 2 heterocycles. The molecule has 3 aromatic rings. The van der Waals surface area contributed by atoms with E-state index >= 15 is 0 Å². The monoisotopic (exact) mass is 480 g/mol. The lowest BCUT2D eigenvalue weighted by Crippen LogP contribution is -2.48. The molecule has 4 rings (SSSR count). The summed E-state index contributed by atoms with van der Waals surface area (Å²) in [7, 11) is 0. The molecule has 1 fully saturated rings. The Morgan fingerprint density at radius 3 is 2.32 bits per heavy atom. The van der Waals surface area contributed by atoms with Crippen LogP contribution >= 0.6 is 11.6 Å². The van der Waals surface area contributed by atoms with Gasteiger partial charge in [-0.2, -0.15) is 0 Å². The Hall–Kier alpha value is -3.04. The number of rotatable bonds is 10. The molecule has 2 N–H and O–H groups in total. The van der Waals surface area contributed by atoms with Crippen molar-refractivity contribution in [3.63, 3.8) is 0 Å². The van der Waals surface area contributed by atoms with Crippen LogP contribution in [0.5, 0.6) is 0 Å². The first-order valence-corrected chi connectivity index (χ1v) is 11.7. The van der Waals surface area contributed by atoms with Gasteiger partial charge >= 0.3 is 0 Å². The molecule has 0 bridgehead atoms. The lowest BCUT2D eigenvalue weighted by molar-refractivity contribution is -0.125. The second-order valence-electron chi connectivity index (χ2n) is 8.04. The van der Waals surface area contributed by atoms with E-state index in [-0.39, 0.29) is 18.6 Å². The summed E-state index contributed by atoms with van der Waals surface area (Å²) in [5, 5.41) is 0.748. The number of carbonyl (C=O) groups excluding carboxylic acids is 1. The first kappa shape index (κ1) is 24.1. The maximum Gasteiger partial charge on any atom is 0.264 e. The number of aromatic nitrogens is 2. The van der Waals surface area contributed by atoms with Gasteiger partial charge in [-0.25, -0.2) is 9.97 Å². The molecule has 1 aliphatic heterocycles. The second-order valence-corrected chi connectivity index (χ2v) is 8.48. The summed E-state index contributed by atoms with van der Waals surface area (Å²) >= 11 is 6.13. The third-order valence-electron chi connectivity index (χ3n) is 5.74. The fourth-order valence-corrected chi connectivity index (χ4v) is 4.15. The van der Waals surface area contributed by atoms with Crippen molar-refractivity contribution in [2.45, 2.75) is 6.04 Å². The van der Waals surface area contributed by atoms with E-state index in [1.807, 2.05) is 18.2 Å². The van der Waals surface area contributed by atoms with Crippen LogP contribution in [0, 0.1) is 0 Å². The minimum atomic E-state index is -0.272. The summed E-state index contributed by atoms with van der Waals surface area (Å²) in [6.45, 7) is 5.04. The lowest BCUT2D eigenvalue weighted by Gasteiger charge is -2.39. The number of nitrogens with one attached hydrogen (secondary N) is 2. The minimum absolute atomic E-state index is 0.0214. The highest BCUT2D eigenvalue weighted by Crippen LogP contribution is 2.30. The molecule has 1 saturated heterocycles. The number of carbonyl (C=O) groups is 1. The zero-order chi connectivity index (χ0) is 23.6. The van der Waals surface area contributed by atoms with E-state index < -0.39 is 0 Å². The topological polar surface area (TPSA) is 82.6 Å². The first-order chi connectivity index (χ1) is 16.7. The van der Waals surface area contributed by atoms with Gasteiger partial charge < -0.3 is 4.74 Å². The SMILES string of the molecule is O=C(COCCN1CCN(C(c2ccccc2)c2ccc(Cl)cc2)CC1)NNc1ncccn1. The maximum atomic E-state index is 11.9. The minimum Gasteiger partial charge on any atom is -0.370 e. The number of anilines is 1. The molecule has 9 heteroatoms. The molecular formula is C25H29ClN6O2. The number of amides is 1. The number of nitrogens with zero attached hydrogens (tertiary/aromatic N) is 4. The molecule has 178 valence electrons. The summed E-state index contributed by atoms with van der Waals surface area (Å²) in [5.41, 5.74) is 7.70. The van der Waals surface area contributed by atoms with Crippen molar-refractivity contribution in [1.29, 1.82) is 0 Å². The van der Waals surface area contributed by atoms with Crippen LogP contribution in [0.3, 0.4) is 0 Å². The van der Waals surface area contributed by atoms with Gasteiger partial charge in [-0.3, -0.25) is 25.4 Å². The van der Waals surface area contributed by atoms with E-state index in [4.69, 9.17) is 16.3 Å². The molecule has 0 saturated carbocycles. The van der Waals surface area contributed by atoms with E-state index in [0.29, 0.717) is 12.6 Å². The normalized spacial score (nSPS) is 15.6. The molecule has 34 heavy (non-hydrogen) atoms. The Morgan fingerprint density at radius 2 is 1.62 bits per heavy atom. The quantitative estimate of drug-likeness (QED) is 0.341. The molecule has 8 nitrogen and oxygen atoms in total. The van der Waals surface area contributed by atoms with Gasteiger partial charge in [0.2, 0.25) is 5.95 Å². The number of benzene rings is 2. The Balaban J connectivity index is 1.21. The molecule has 1 atom stereocenters. The van der Waals surface area contributed by atoms with Gasteiger partial charge in [0.25, 0.3) is 5.91 Å². The van der Waals surface area contributed by atoms with Crippen LogP contribution in [0.15, 0.2) is 73.1 Å². The lowest BCUT2D eigenvalue weighted by atomic mass is 9.96. The Kier molecular flexibility index (Phi) is 8.81. The van der Waals surface area contributed by atoms with E-state index in [1.54, 1.807) is 18.5 Å². The van der Waals surface area contributed by atoms with E-state index in [0.717, 1.165) is 37.7 Å². The molecule has 1 unspecified atom stereocenters.